The van der Waals surface area contributed by atoms with Gasteiger partial charge >= 0.3 is 0 Å². The van der Waals surface area contributed by atoms with Crippen LogP contribution in [0.25, 0.3) is 0 Å². The summed E-state index contributed by atoms with van der Waals surface area (Å²) in [5.74, 6) is 0.655. The van der Waals surface area contributed by atoms with Crippen molar-refractivity contribution in [1.29, 1.82) is 0 Å². The largest absolute Gasteiger partial charge is 0.356 e. The van der Waals surface area contributed by atoms with E-state index in [1.54, 1.807) is 0 Å². The quantitative estimate of drug-likeness (QED) is 0.353. The van der Waals surface area contributed by atoms with Gasteiger partial charge in [0.05, 0.1) is 0 Å². The molecule has 3 nitrogen and oxygen atoms in total. The number of nitrogens with one attached hydrogen (secondary N) is 1. The molecule has 0 fully saturated rings. The molecule has 0 aliphatic heterocycles. The van der Waals surface area contributed by atoms with E-state index in [1.165, 1.54) is 0 Å². The minimum atomic E-state index is 0.0605. The molecule has 0 saturated carbocycles. The van der Waals surface area contributed by atoms with Crippen molar-refractivity contribution in [2.24, 2.45) is 0 Å². The Morgan fingerprint density at radius 3 is 2.69 bits per heavy atom. The van der Waals surface area contributed by atoms with Gasteiger partial charge in [-0.05, 0) is 18.6 Å². The number of amides is 1. The molecule has 1 N–H and O–H groups in total. The van der Waals surface area contributed by atoms with Gasteiger partial charge in [-0.25, -0.2) is 0 Å². The summed E-state index contributed by atoms with van der Waals surface area (Å²) < 4.78 is 0. The summed E-state index contributed by atoms with van der Waals surface area (Å²) in [5, 5.41) is 2.78. The molecule has 0 aromatic carbocycles. The van der Waals surface area contributed by atoms with Crippen molar-refractivity contribution in [3.05, 3.63) is 0 Å². The van der Waals surface area contributed by atoms with Crippen molar-refractivity contribution in [1.82, 2.24) is 5.32 Å². The van der Waals surface area contributed by atoms with E-state index >= 15 is 0 Å². The van der Waals surface area contributed by atoms with Crippen LogP contribution >= 0.6 is 12.6 Å². The molecule has 0 spiro atoms. The summed E-state index contributed by atoms with van der Waals surface area (Å²) in [6.07, 6.45) is 4.92. The second-order valence-corrected chi connectivity index (χ2v) is 3.29. The average Bonchev–Trinajstić information content (AvgIpc) is 2.11. The van der Waals surface area contributed by atoms with Gasteiger partial charge in [0.2, 0.25) is 5.91 Å². The monoisotopic (exact) mass is 203 g/mol. The number of hydrogen-bond donors (Lipinski definition) is 2. The Balaban J connectivity index is 3.06. The Morgan fingerprint density at radius 1 is 1.31 bits per heavy atom. The van der Waals surface area contributed by atoms with Gasteiger partial charge in [-0.1, -0.05) is 6.42 Å². The van der Waals surface area contributed by atoms with E-state index in [1.807, 2.05) is 0 Å². The zero-order chi connectivity index (χ0) is 9.94. The van der Waals surface area contributed by atoms with Gasteiger partial charge in [-0.3, -0.25) is 4.79 Å². The highest BCUT2D eigenvalue weighted by molar-refractivity contribution is 7.80. The van der Waals surface area contributed by atoms with E-state index in [2.05, 4.69) is 17.9 Å². The third-order valence-corrected chi connectivity index (χ3v) is 1.88. The van der Waals surface area contributed by atoms with Crippen molar-refractivity contribution < 1.29 is 9.59 Å². The summed E-state index contributed by atoms with van der Waals surface area (Å²) in [7, 11) is 0. The lowest BCUT2D eigenvalue weighted by Gasteiger charge is -2.02. The standard InChI is InChI=1S/C9H17NO2S/c11-7-4-2-1-3-6-10-9(12)5-8-13/h7,13H,1-6,8H2,(H,10,12). The number of carbonyl (C=O) groups is 2. The second-order valence-electron chi connectivity index (χ2n) is 2.84. The van der Waals surface area contributed by atoms with Crippen LogP contribution in [0.15, 0.2) is 0 Å². The molecular weight excluding hydrogens is 186 g/mol. The number of aldehydes is 1. The van der Waals surface area contributed by atoms with Crippen LogP contribution in [0.3, 0.4) is 0 Å². The highest BCUT2D eigenvalue weighted by Gasteiger charge is 1.97. The van der Waals surface area contributed by atoms with Gasteiger partial charge in [0.1, 0.15) is 6.29 Å². The van der Waals surface area contributed by atoms with Gasteiger partial charge in [-0.15, -0.1) is 0 Å². The first-order chi connectivity index (χ1) is 6.31. The molecule has 0 aliphatic carbocycles. The summed E-state index contributed by atoms with van der Waals surface area (Å²) in [4.78, 5) is 20.9. The SMILES string of the molecule is O=CCCCCCNC(=O)CCS. The molecule has 76 valence electrons. The first-order valence-corrected chi connectivity index (χ1v) is 5.25. The molecule has 0 aromatic rings. The zero-order valence-electron chi connectivity index (χ0n) is 7.79. The number of unbranched alkanes of at least 4 members (excludes halogenated alkanes) is 3. The summed E-state index contributed by atoms with van der Waals surface area (Å²) in [6, 6.07) is 0. The van der Waals surface area contributed by atoms with Crippen LogP contribution in [0.4, 0.5) is 0 Å². The van der Waals surface area contributed by atoms with Gasteiger partial charge in [0.15, 0.2) is 0 Å². The van der Waals surface area contributed by atoms with Crippen molar-refractivity contribution in [3.8, 4) is 0 Å². The molecule has 13 heavy (non-hydrogen) atoms. The van der Waals surface area contributed by atoms with E-state index in [0.717, 1.165) is 25.5 Å². The maximum Gasteiger partial charge on any atom is 0.220 e. The smallest absolute Gasteiger partial charge is 0.220 e. The van der Waals surface area contributed by atoms with Crippen molar-refractivity contribution in [3.63, 3.8) is 0 Å². The van der Waals surface area contributed by atoms with E-state index in [9.17, 15) is 9.59 Å². The van der Waals surface area contributed by atoms with Crippen LogP contribution in [0.2, 0.25) is 0 Å². The number of carbonyl (C=O) groups excluding carboxylic acids is 2. The van der Waals surface area contributed by atoms with Crippen LogP contribution in [0, 0.1) is 0 Å². The molecule has 0 bridgehead atoms. The molecule has 0 radical (unpaired) electrons. The summed E-state index contributed by atoms with van der Waals surface area (Å²) >= 11 is 3.95. The average molecular weight is 203 g/mol. The summed E-state index contributed by atoms with van der Waals surface area (Å²) in [6.45, 7) is 0.714. The maximum atomic E-state index is 10.9. The van der Waals surface area contributed by atoms with E-state index in [-0.39, 0.29) is 5.91 Å². The molecule has 0 aliphatic rings. The van der Waals surface area contributed by atoms with Crippen LogP contribution < -0.4 is 5.32 Å². The van der Waals surface area contributed by atoms with Crippen molar-refractivity contribution in [2.75, 3.05) is 12.3 Å². The van der Waals surface area contributed by atoms with Crippen molar-refractivity contribution in [2.45, 2.75) is 32.1 Å². The predicted molar refractivity (Wildman–Crippen MR) is 56.0 cm³/mol. The number of rotatable bonds is 8. The van der Waals surface area contributed by atoms with Crippen molar-refractivity contribution >= 4 is 24.8 Å². The lowest BCUT2D eigenvalue weighted by atomic mass is 10.2. The second kappa shape index (κ2) is 9.58. The molecule has 1 amide bonds. The fourth-order valence-electron chi connectivity index (χ4n) is 0.947. The third-order valence-electron chi connectivity index (χ3n) is 1.66. The van der Waals surface area contributed by atoms with Crippen LogP contribution in [0.5, 0.6) is 0 Å². The Labute approximate surface area is 84.7 Å². The third kappa shape index (κ3) is 9.40. The van der Waals surface area contributed by atoms with Crippen LogP contribution in [0.1, 0.15) is 32.1 Å². The fourth-order valence-corrected chi connectivity index (χ4v) is 1.15. The molecular formula is C9H17NO2S. The Hall–Kier alpha value is -0.510. The Bertz CT molecular complexity index is 151. The van der Waals surface area contributed by atoms with Crippen LogP contribution in [-0.2, 0) is 9.59 Å². The first kappa shape index (κ1) is 12.5. The minimum Gasteiger partial charge on any atom is -0.356 e. The topological polar surface area (TPSA) is 46.2 Å². The number of thiol groups is 1. The van der Waals surface area contributed by atoms with Crippen LogP contribution in [-0.4, -0.2) is 24.5 Å². The van der Waals surface area contributed by atoms with Gasteiger partial charge in [-0.2, -0.15) is 12.6 Å². The molecule has 0 rings (SSSR count). The summed E-state index contributed by atoms with van der Waals surface area (Å²) in [5.41, 5.74) is 0. The highest BCUT2D eigenvalue weighted by Crippen LogP contribution is 1.96. The normalized spacial score (nSPS) is 9.62. The Kier molecular flexibility index (Phi) is 9.20. The van der Waals surface area contributed by atoms with Gasteiger partial charge in [0, 0.05) is 19.4 Å². The molecule has 4 heteroatoms. The first-order valence-electron chi connectivity index (χ1n) is 4.62. The number of hydrogen-bond acceptors (Lipinski definition) is 3. The van der Waals surface area contributed by atoms with Gasteiger partial charge in [0.25, 0.3) is 0 Å². The Morgan fingerprint density at radius 2 is 2.08 bits per heavy atom. The van der Waals surface area contributed by atoms with Gasteiger partial charge < -0.3 is 10.1 Å². The molecule has 0 heterocycles. The molecule has 0 aromatic heterocycles. The maximum absolute atomic E-state index is 10.9. The minimum absolute atomic E-state index is 0.0605. The van der Waals surface area contributed by atoms with E-state index in [4.69, 9.17) is 0 Å². The highest BCUT2D eigenvalue weighted by atomic mass is 32.1. The predicted octanol–water partition coefficient (Wildman–Crippen LogP) is 1.18. The lowest BCUT2D eigenvalue weighted by Crippen LogP contribution is -2.24. The fraction of sp³-hybridized carbons (Fsp3) is 0.778. The van der Waals surface area contributed by atoms with E-state index in [0.29, 0.717) is 25.1 Å². The lowest BCUT2D eigenvalue weighted by molar-refractivity contribution is -0.120. The molecule has 0 saturated heterocycles. The van der Waals surface area contributed by atoms with E-state index < -0.39 is 0 Å². The molecule has 0 unspecified atom stereocenters. The molecule has 0 atom stereocenters. The zero-order valence-corrected chi connectivity index (χ0v) is 8.69.